The maximum Gasteiger partial charge on any atom is 0.273 e. The Hall–Kier alpha value is -2.14. The highest BCUT2D eigenvalue weighted by Crippen LogP contribution is 2.21. The Balaban J connectivity index is 1.99. The average Bonchev–Trinajstić information content (AvgIpc) is 3.02. The van der Waals surface area contributed by atoms with Crippen molar-refractivity contribution in [1.82, 2.24) is 10.3 Å². The molecule has 1 heterocycles. The monoisotopic (exact) mass is 301 g/mol. The first-order chi connectivity index (χ1) is 10.5. The minimum absolute atomic E-state index is 0.251. The molecule has 0 spiro atoms. The van der Waals surface area contributed by atoms with Crippen molar-refractivity contribution in [1.29, 1.82) is 0 Å². The molecule has 1 amide bonds. The number of hydrogen-bond acceptors (Lipinski definition) is 4. The van der Waals surface area contributed by atoms with Crippen molar-refractivity contribution < 1.29 is 9.21 Å². The lowest BCUT2D eigenvalue weighted by Gasteiger charge is -2.13. The maximum absolute atomic E-state index is 12.1. The van der Waals surface area contributed by atoms with Crippen LogP contribution in [0.5, 0.6) is 0 Å². The number of aromatic nitrogens is 1. The lowest BCUT2D eigenvalue weighted by atomic mass is 10.0. The van der Waals surface area contributed by atoms with Gasteiger partial charge in [-0.15, -0.1) is 0 Å². The minimum Gasteiger partial charge on any atom is -0.446 e. The number of carbonyl (C=O) groups excluding carboxylic acids is 1. The zero-order valence-corrected chi connectivity index (χ0v) is 13.3. The number of nitrogens with two attached hydrogens (primary N) is 1. The quantitative estimate of drug-likeness (QED) is 0.859. The van der Waals surface area contributed by atoms with E-state index < -0.39 is 0 Å². The first-order valence-corrected chi connectivity index (χ1v) is 7.56. The van der Waals surface area contributed by atoms with Crippen LogP contribution in [0.2, 0.25) is 0 Å². The molecule has 0 aliphatic heterocycles. The van der Waals surface area contributed by atoms with Gasteiger partial charge in [0, 0.05) is 6.54 Å². The van der Waals surface area contributed by atoms with Gasteiger partial charge < -0.3 is 15.5 Å². The van der Waals surface area contributed by atoms with Crippen LogP contribution in [0.1, 0.15) is 53.8 Å². The van der Waals surface area contributed by atoms with Gasteiger partial charge in [0.25, 0.3) is 5.91 Å². The molecule has 0 saturated heterocycles. The minimum atomic E-state index is -0.289. The number of hydrogen-bond donors (Lipinski definition) is 2. The summed E-state index contributed by atoms with van der Waals surface area (Å²) in [6, 6.07) is 7.64. The number of nitrogens with one attached hydrogen (secondary N) is 1. The number of nitrogens with zero attached hydrogens (tertiary/aromatic N) is 1. The van der Waals surface area contributed by atoms with Gasteiger partial charge in [-0.05, 0) is 24.0 Å². The third-order valence-electron chi connectivity index (χ3n) is 4.00. The van der Waals surface area contributed by atoms with Crippen molar-refractivity contribution in [3.8, 4) is 0 Å². The van der Waals surface area contributed by atoms with Crippen LogP contribution in [0, 0.1) is 12.8 Å². The Morgan fingerprint density at radius 1 is 1.41 bits per heavy atom. The van der Waals surface area contributed by atoms with Gasteiger partial charge in [0.05, 0.1) is 6.04 Å². The number of amides is 1. The van der Waals surface area contributed by atoms with E-state index in [0.29, 0.717) is 12.4 Å². The zero-order chi connectivity index (χ0) is 16.1. The maximum atomic E-state index is 12.1. The number of rotatable bonds is 6. The summed E-state index contributed by atoms with van der Waals surface area (Å²) >= 11 is 0. The van der Waals surface area contributed by atoms with Gasteiger partial charge >= 0.3 is 0 Å². The summed E-state index contributed by atoms with van der Waals surface area (Å²) in [6.07, 6.45) is 2.29. The smallest absolute Gasteiger partial charge is 0.273 e. The van der Waals surface area contributed by atoms with Crippen LogP contribution >= 0.6 is 0 Å². The van der Waals surface area contributed by atoms with E-state index in [4.69, 9.17) is 10.2 Å². The molecule has 0 radical (unpaired) electrons. The van der Waals surface area contributed by atoms with Crippen LogP contribution in [-0.2, 0) is 6.54 Å². The second-order valence-electron chi connectivity index (χ2n) is 5.59. The standard InChI is InChI=1S/C17H23N3O2/c1-4-11(2)15(18)17-20-14(10-22-17)16(21)19-9-13-8-6-5-7-12(13)3/h5-8,10-11,15H,4,9,18H2,1-3H3,(H,19,21). The van der Waals surface area contributed by atoms with E-state index >= 15 is 0 Å². The summed E-state index contributed by atoms with van der Waals surface area (Å²) in [5, 5.41) is 2.85. The lowest BCUT2D eigenvalue weighted by Crippen LogP contribution is -2.24. The van der Waals surface area contributed by atoms with Gasteiger partial charge in [-0.3, -0.25) is 4.79 Å². The summed E-state index contributed by atoms with van der Waals surface area (Å²) in [4.78, 5) is 16.3. The second-order valence-corrected chi connectivity index (χ2v) is 5.59. The number of oxazole rings is 1. The van der Waals surface area contributed by atoms with Crippen LogP contribution in [0.3, 0.4) is 0 Å². The average molecular weight is 301 g/mol. The van der Waals surface area contributed by atoms with Crippen LogP contribution in [-0.4, -0.2) is 10.9 Å². The van der Waals surface area contributed by atoms with E-state index in [1.807, 2.05) is 38.1 Å². The van der Waals surface area contributed by atoms with Crippen molar-refractivity contribution in [3.63, 3.8) is 0 Å². The van der Waals surface area contributed by atoms with Crippen LogP contribution in [0.15, 0.2) is 34.9 Å². The van der Waals surface area contributed by atoms with E-state index in [1.165, 1.54) is 6.26 Å². The van der Waals surface area contributed by atoms with Crippen LogP contribution in [0.25, 0.3) is 0 Å². The van der Waals surface area contributed by atoms with Crippen molar-refractivity contribution in [3.05, 3.63) is 53.2 Å². The predicted octanol–water partition coefficient (Wildman–Crippen LogP) is 2.96. The van der Waals surface area contributed by atoms with Crippen LogP contribution in [0.4, 0.5) is 0 Å². The molecule has 2 aromatic rings. The lowest BCUT2D eigenvalue weighted by molar-refractivity contribution is 0.0946. The fourth-order valence-electron chi connectivity index (χ4n) is 2.12. The van der Waals surface area contributed by atoms with Gasteiger partial charge in [-0.25, -0.2) is 4.98 Å². The SMILES string of the molecule is CCC(C)C(N)c1nc(C(=O)NCc2ccccc2C)co1. The molecule has 22 heavy (non-hydrogen) atoms. The molecule has 3 N–H and O–H groups in total. The Bertz CT molecular complexity index is 636. The first kappa shape index (κ1) is 16.2. The number of aryl methyl sites for hydroxylation is 1. The summed E-state index contributed by atoms with van der Waals surface area (Å²) in [5.41, 5.74) is 8.55. The molecule has 0 saturated carbocycles. The van der Waals surface area contributed by atoms with Crippen molar-refractivity contribution in [2.75, 3.05) is 0 Å². The molecule has 2 unspecified atom stereocenters. The fourth-order valence-corrected chi connectivity index (χ4v) is 2.12. The molecule has 0 aliphatic carbocycles. The highest BCUT2D eigenvalue weighted by Gasteiger charge is 2.20. The molecule has 0 bridgehead atoms. The fraction of sp³-hybridized carbons (Fsp3) is 0.412. The van der Waals surface area contributed by atoms with Gasteiger partial charge in [0.2, 0.25) is 5.89 Å². The second kappa shape index (κ2) is 7.22. The predicted molar refractivity (Wildman–Crippen MR) is 85.2 cm³/mol. The summed E-state index contributed by atoms with van der Waals surface area (Å²) < 4.78 is 5.35. The third kappa shape index (κ3) is 3.74. The van der Waals surface area contributed by atoms with Crippen molar-refractivity contribution >= 4 is 5.91 Å². The van der Waals surface area contributed by atoms with E-state index in [-0.39, 0.29) is 23.6 Å². The van der Waals surface area contributed by atoms with Gasteiger partial charge in [-0.2, -0.15) is 0 Å². The molecule has 2 rings (SSSR count). The molecule has 0 fully saturated rings. The molecular weight excluding hydrogens is 278 g/mol. The largest absolute Gasteiger partial charge is 0.446 e. The molecule has 5 nitrogen and oxygen atoms in total. The number of carbonyl (C=O) groups is 1. The molecule has 2 atom stereocenters. The highest BCUT2D eigenvalue weighted by molar-refractivity contribution is 5.91. The molecular formula is C17H23N3O2. The van der Waals surface area contributed by atoms with Gasteiger partial charge in [-0.1, -0.05) is 44.5 Å². The first-order valence-electron chi connectivity index (χ1n) is 7.56. The van der Waals surface area contributed by atoms with Gasteiger partial charge in [0.1, 0.15) is 6.26 Å². The Morgan fingerprint density at radius 2 is 2.14 bits per heavy atom. The van der Waals surface area contributed by atoms with Crippen molar-refractivity contribution in [2.45, 2.75) is 39.8 Å². The summed E-state index contributed by atoms with van der Waals surface area (Å²) in [7, 11) is 0. The molecule has 0 aliphatic rings. The Morgan fingerprint density at radius 3 is 2.82 bits per heavy atom. The topological polar surface area (TPSA) is 81.1 Å². The third-order valence-corrected chi connectivity index (χ3v) is 4.00. The normalized spacial score (nSPS) is 13.6. The van der Waals surface area contributed by atoms with E-state index in [9.17, 15) is 4.79 Å². The number of benzene rings is 1. The molecule has 5 heteroatoms. The Kier molecular flexibility index (Phi) is 5.33. The van der Waals surface area contributed by atoms with Crippen molar-refractivity contribution in [2.24, 2.45) is 11.7 Å². The molecule has 118 valence electrons. The molecule has 1 aromatic heterocycles. The van der Waals surface area contributed by atoms with E-state index in [2.05, 4.69) is 17.2 Å². The summed E-state index contributed by atoms with van der Waals surface area (Å²) in [5.74, 6) is 0.409. The Labute approximate surface area is 130 Å². The van der Waals surface area contributed by atoms with Crippen LogP contribution < -0.4 is 11.1 Å². The summed E-state index contributed by atoms with van der Waals surface area (Å²) in [6.45, 7) is 6.57. The van der Waals surface area contributed by atoms with Gasteiger partial charge in [0.15, 0.2) is 5.69 Å². The highest BCUT2D eigenvalue weighted by atomic mass is 16.3. The molecule has 1 aromatic carbocycles. The zero-order valence-electron chi connectivity index (χ0n) is 13.3. The van der Waals surface area contributed by atoms with E-state index in [1.54, 1.807) is 0 Å². The van der Waals surface area contributed by atoms with E-state index in [0.717, 1.165) is 17.5 Å².